The van der Waals surface area contributed by atoms with E-state index < -0.39 is 16.8 Å². The number of hydrogen-bond donors (Lipinski definition) is 0. The quantitative estimate of drug-likeness (QED) is 0.277. The summed E-state index contributed by atoms with van der Waals surface area (Å²) in [5.74, 6) is 1.16. The number of hydrogen-bond acceptors (Lipinski definition) is 7. The molecule has 1 aromatic carbocycles. The standard InChI is InChI=1S/C57H74O7/c1-31-24-42-48(4,29-38(31)59)16-20-52(8)41-15-14-34-35(50(41,6)18-22-53(42,52)9)27-45(61)57(62-13)56(34,12)64-47-33(3)46-36(26-40(47)63-57)51(7)19-23-54(10)43-25-32(2)39(60)30-49(43,5)17-21-55(54,11)44(51)28-37(46)58/h14,26-28,31-32,41-43H,15-25,29-30H2,1-13H3/t31-,32-,41+,42-,43-,48+,49+,50+,51+,52-,53+,54+,55-,56+,57-/m1/s1. The molecule has 10 aliphatic rings. The zero-order valence-electron chi connectivity index (χ0n) is 41.2. The van der Waals surface area contributed by atoms with Gasteiger partial charge in [-0.2, -0.15) is 0 Å². The van der Waals surface area contributed by atoms with Gasteiger partial charge in [0.1, 0.15) is 11.6 Å². The summed E-state index contributed by atoms with van der Waals surface area (Å²) >= 11 is 0. The second-order valence-electron chi connectivity index (χ2n) is 25.9. The number of benzene rings is 1. The van der Waals surface area contributed by atoms with Gasteiger partial charge in [0.2, 0.25) is 11.4 Å². The predicted octanol–water partition coefficient (Wildman–Crippen LogP) is 12.2. The van der Waals surface area contributed by atoms with Crippen LogP contribution in [0.4, 0.5) is 0 Å². The van der Waals surface area contributed by atoms with Crippen LogP contribution >= 0.6 is 0 Å². The highest BCUT2D eigenvalue weighted by Crippen LogP contribution is 2.77. The average molecular weight is 871 g/mol. The van der Waals surface area contributed by atoms with Crippen LogP contribution in [-0.4, -0.2) is 41.6 Å². The fourth-order valence-electron chi connectivity index (χ4n) is 18.8. The van der Waals surface area contributed by atoms with Crippen LogP contribution in [0.5, 0.6) is 11.5 Å². The highest BCUT2D eigenvalue weighted by atomic mass is 16.7. The van der Waals surface area contributed by atoms with Crippen LogP contribution in [0.15, 0.2) is 41.0 Å². The SMILES string of the molecule is CO[C@]12Oc3cc4c(c(C)c3O[C@@]1(C)C1=CC[C@H]3[C@@](C)(CC[C@@]5(C)[C@@H]6C[C@@H](C)C(=O)C[C@]6(C)CC[C@]35C)C1=CC2=O)C(=O)C=C1[C@@]4(C)CC[C@@]2(C)[C@@H]3C[C@@H](C)C(=O)C[C@]3(C)CC[C@]12C. The van der Waals surface area contributed by atoms with Crippen molar-refractivity contribution in [1.82, 2.24) is 0 Å². The van der Waals surface area contributed by atoms with Crippen LogP contribution in [-0.2, 0) is 24.5 Å². The van der Waals surface area contributed by atoms with Crippen LogP contribution < -0.4 is 9.47 Å². The molecule has 1 aliphatic heterocycles. The van der Waals surface area contributed by atoms with E-state index in [2.05, 4.69) is 75.3 Å². The van der Waals surface area contributed by atoms with Crippen molar-refractivity contribution in [3.63, 3.8) is 0 Å². The Hall–Kier alpha value is -3.32. The molecule has 0 amide bonds. The number of carbonyl (C=O) groups excluding carboxylic acids is 4. The molecular weight excluding hydrogens is 797 g/mol. The molecule has 7 nitrogen and oxygen atoms in total. The first-order chi connectivity index (χ1) is 29.8. The zero-order valence-corrected chi connectivity index (χ0v) is 41.2. The lowest BCUT2D eigenvalue weighted by Crippen LogP contribution is -2.71. The third-order valence-electron chi connectivity index (χ3n) is 23.3. The van der Waals surface area contributed by atoms with E-state index in [1.807, 2.05) is 32.1 Å². The van der Waals surface area contributed by atoms with Crippen molar-refractivity contribution >= 4 is 23.1 Å². The van der Waals surface area contributed by atoms with Gasteiger partial charge in [-0.25, -0.2) is 0 Å². The molecule has 1 heterocycles. The molecule has 6 fully saturated rings. The minimum atomic E-state index is -1.76. The molecule has 15 atom stereocenters. The summed E-state index contributed by atoms with van der Waals surface area (Å²) in [4.78, 5) is 56.3. The van der Waals surface area contributed by atoms with Gasteiger partial charge >= 0.3 is 5.79 Å². The minimum absolute atomic E-state index is 0.0115. The lowest BCUT2D eigenvalue weighted by Gasteiger charge is -2.71. The molecule has 6 saturated carbocycles. The normalized spacial score (nSPS) is 51.0. The van der Waals surface area contributed by atoms with Crippen molar-refractivity contribution in [2.75, 3.05) is 7.11 Å². The first kappa shape index (κ1) is 43.3. The fraction of sp³-hybridized carbons (Fsp3) is 0.719. The molecule has 0 spiro atoms. The van der Waals surface area contributed by atoms with Crippen LogP contribution in [0, 0.1) is 74.4 Å². The van der Waals surface area contributed by atoms with Crippen molar-refractivity contribution in [2.45, 2.75) is 183 Å². The number of allylic oxidation sites excluding steroid dienone is 3. The highest BCUT2D eigenvalue weighted by molar-refractivity contribution is 6.10. The number of Topliss-reactive ketones (excluding diaryl/α,β-unsaturated/α-hetero) is 2. The predicted molar refractivity (Wildman–Crippen MR) is 247 cm³/mol. The van der Waals surface area contributed by atoms with Crippen LogP contribution in [0.2, 0.25) is 0 Å². The van der Waals surface area contributed by atoms with Crippen molar-refractivity contribution < 1.29 is 33.4 Å². The Balaban J connectivity index is 0.978. The third kappa shape index (κ3) is 4.71. The molecule has 9 aliphatic carbocycles. The molecule has 0 radical (unpaired) electrons. The maximum Gasteiger partial charge on any atom is 0.319 e. The molecular formula is C57H74O7. The van der Waals surface area contributed by atoms with Crippen molar-refractivity contribution in [3.8, 4) is 11.5 Å². The lowest BCUT2D eigenvalue weighted by atomic mass is 9.33. The molecule has 0 N–H and O–H groups in total. The molecule has 11 rings (SSSR count). The molecule has 64 heavy (non-hydrogen) atoms. The lowest BCUT2D eigenvalue weighted by molar-refractivity contribution is -0.246. The first-order valence-electron chi connectivity index (χ1n) is 25.2. The highest BCUT2D eigenvalue weighted by Gasteiger charge is 2.73. The van der Waals surface area contributed by atoms with Crippen LogP contribution in [0.3, 0.4) is 0 Å². The average Bonchev–Trinajstić information content (AvgIpc) is 3.23. The summed E-state index contributed by atoms with van der Waals surface area (Å²) in [6.45, 7) is 27.7. The van der Waals surface area contributed by atoms with E-state index in [1.54, 1.807) is 7.11 Å². The largest absolute Gasteiger partial charge is 0.471 e. The number of ketones is 4. The molecule has 7 heteroatoms. The summed E-state index contributed by atoms with van der Waals surface area (Å²) in [6.07, 6.45) is 18.2. The number of ether oxygens (including phenoxy) is 3. The van der Waals surface area contributed by atoms with E-state index >= 15 is 4.79 Å². The minimum Gasteiger partial charge on any atom is -0.471 e. The topological polar surface area (TPSA) is 96.0 Å². The number of fused-ring (bicyclic) bond motifs is 17. The van der Waals surface area contributed by atoms with Crippen molar-refractivity contribution in [3.05, 3.63) is 57.7 Å². The van der Waals surface area contributed by atoms with E-state index in [4.69, 9.17) is 14.2 Å². The Morgan fingerprint density at radius 1 is 0.656 bits per heavy atom. The summed E-state index contributed by atoms with van der Waals surface area (Å²) in [5, 5.41) is 0. The Kier molecular flexibility index (Phi) is 8.52. The molecule has 1 aromatic rings. The second kappa shape index (κ2) is 12.6. The van der Waals surface area contributed by atoms with Crippen molar-refractivity contribution in [2.24, 2.45) is 67.5 Å². The molecule has 344 valence electrons. The molecule has 0 saturated heterocycles. The summed E-state index contributed by atoms with van der Waals surface area (Å²) < 4.78 is 20.8. The van der Waals surface area contributed by atoms with Gasteiger partial charge in [-0.05, 0) is 175 Å². The van der Waals surface area contributed by atoms with E-state index in [-0.39, 0.29) is 61.3 Å². The Bertz CT molecular complexity index is 2490. The van der Waals surface area contributed by atoms with Gasteiger partial charge in [0.25, 0.3) is 0 Å². The molecule has 0 unspecified atom stereocenters. The second-order valence-corrected chi connectivity index (χ2v) is 25.9. The van der Waals surface area contributed by atoms with E-state index in [0.717, 1.165) is 92.9 Å². The van der Waals surface area contributed by atoms with E-state index in [0.29, 0.717) is 59.2 Å². The number of methoxy groups -OCH3 is 1. The summed E-state index contributed by atoms with van der Waals surface area (Å²) in [6, 6.07) is 2.03. The van der Waals surface area contributed by atoms with Gasteiger partial charge in [0, 0.05) is 53.9 Å². The summed E-state index contributed by atoms with van der Waals surface area (Å²) in [7, 11) is 1.57. The molecule has 0 bridgehead atoms. The smallest absolute Gasteiger partial charge is 0.319 e. The van der Waals surface area contributed by atoms with Gasteiger partial charge in [0.05, 0.1) is 0 Å². The molecule has 0 aromatic heterocycles. The van der Waals surface area contributed by atoms with Crippen LogP contribution in [0.1, 0.15) is 181 Å². The zero-order chi connectivity index (χ0) is 46.0. The fourth-order valence-corrected chi connectivity index (χ4v) is 18.8. The van der Waals surface area contributed by atoms with Gasteiger partial charge in [-0.1, -0.05) is 75.3 Å². The Labute approximate surface area is 382 Å². The van der Waals surface area contributed by atoms with E-state index in [9.17, 15) is 14.4 Å². The first-order valence-corrected chi connectivity index (χ1v) is 25.2. The number of carbonyl (C=O) groups is 4. The van der Waals surface area contributed by atoms with E-state index in [1.165, 1.54) is 5.57 Å². The maximum atomic E-state index is 15.2. The monoisotopic (exact) mass is 871 g/mol. The maximum absolute atomic E-state index is 15.2. The Morgan fingerprint density at radius 2 is 1.23 bits per heavy atom. The number of rotatable bonds is 1. The third-order valence-corrected chi connectivity index (χ3v) is 23.3. The van der Waals surface area contributed by atoms with Gasteiger partial charge in [-0.15, -0.1) is 0 Å². The van der Waals surface area contributed by atoms with Crippen LogP contribution in [0.25, 0.3) is 0 Å². The Morgan fingerprint density at radius 3 is 1.88 bits per heavy atom. The summed E-state index contributed by atoms with van der Waals surface area (Å²) in [5.41, 5.74) is 3.39. The van der Waals surface area contributed by atoms with Crippen molar-refractivity contribution in [1.29, 1.82) is 0 Å². The van der Waals surface area contributed by atoms with Gasteiger partial charge < -0.3 is 14.2 Å². The van der Waals surface area contributed by atoms with Gasteiger partial charge in [-0.3, -0.25) is 19.2 Å². The van der Waals surface area contributed by atoms with Gasteiger partial charge in [0.15, 0.2) is 17.3 Å².